The molecule has 11 heteroatoms. The van der Waals surface area contributed by atoms with Crippen molar-refractivity contribution in [2.45, 2.75) is 26.7 Å². The van der Waals surface area contributed by atoms with Gasteiger partial charge in [0.1, 0.15) is 5.82 Å². The zero-order chi connectivity index (χ0) is 24.0. The van der Waals surface area contributed by atoms with Crippen molar-refractivity contribution in [2.24, 2.45) is 0 Å². The highest BCUT2D eigenvalue weighted by atomic mass is 32.2. The van der Waals surface area contributed by atoms with Gasteiger partial charge in [-0.25, -0.2) is 22.2 Å². The van der Waals surface area contributed by atoms with Crippen molar-refractivity contribution in [1.82, 2.24) is 9.97 Å². The summed E-state index contributed by atoms with van der Waals surface area (Å²) in [5, 5.41) is 5.39. The van der Waals surface area contributed by atoms with E-state index >= 15 is 0 Å². The number of hydrogen-bond acceptors (Lipinski definition) is 7. The molecule has 0 bridgehead atoms. The molecule has 0 unspecified atom stereocenters. The molecule has 174 valence electrons. The summed E-state index contributed by atoms with van der Waals surface area (Å²) < 4.78 is 55.0. The van der Waals surface area contributed by atoms with E-state index in [1.165, 1.54) is 25.1 Å². The average molecular weight is 476 g/mol. The Morgan fingerprint density at radius 2 is 1.70 bits per heavy atom. The zero-order valence-corrected chi connectivity index (χ0v) is 18.8. The first kappa shape index (κ1) is 24.1. The molecule has 3 rings (SSSR count). The van der Waals surface area contributed by atoms with Crippen LogP contribution in [0.3, 0.4) is 0 Å². The Morgan fingerprint density at radius 3 is 2.39 bits per heavy atom. The molecular weight excluding hydrogens is 452 g/mol. The molecule has 2 aromatic carbocycles. The fourth-order valence-corrected chi connectivity index (χ4v) is 3.51. The number of halogens is 2. The van der Waals surface area contributed by atoms with Crippen LogP contribution in [0.15, 0.2) is 48.7 Å². The Labute approximate surface area is 190 Å². The number of aromatic nitrogens is 2. The van der Waals surface area contributed by atoms with Gasteiger partial charge in [0.15, 0.2) is 17.4 Å². The Hall–Kier alpha value is -3.60. The summed E-state index contributed by atoms with van der Waals surface area (Å²) in [6.45, 7) is 3.36. The van der Waals surface area contributed by atoms with Crippen LogP contribution in [0.5, 0.6) is 0 Å². The van der Waals surface area contributed by atoms with Crippen molar-refractivity contribution < 1.29 is 22.0 Å². The second kappa shape index (κ2) is 10.3. The molecule has 0 saturated heterocycles. The molecule has 0 aliphatic heterocycles. The van der Waals surface area contributed by atoms with Crippen LogP contribution in [0.1, 0.15) is 37.0 Å². The lowest BCUT2D eigenvalue weighted by Gasteiger charge is -2.14. The van der Waals surface area contributed by atoms with Crippen molar-refractivity contribution >= 4 is 44.6 Å². The van der Waals surface area contributed by atoms with Crippen molar-refractivity contribution in [3.05, 3.63) is 65.9 Å². The predicted molar refractivity (Wildman–Crippen MR) is 124 cm³/mol. The van der Waals surface area contributed by atoms with E-state index in [0.29, 0.717) is 18.4 Å². The maximum atomic E-state index is 14.4. The van der Waals surface area contributed by atoms with Crippen LogP contribution in [0.2, 0.25) is 0 Å². The Kier molecular flexibility index (Phi) is 7.54. The quantitative estimate of drug-likeness (QED) is 0.354. The van der Waals surface area contributed by atoms with Gasteiger partial charge in [-0.15, -0.1) is 0 Å². The number of carbonyl (C=O) groups excluding carboxylic acids is 1. The highest BCUT2D eigenvalue weighted by molar-refractivity contribution is 7.92. The summed E-state index contributed by atoms with van der Waals surface area (Å²) in [7, 11) is -3.56. The summed E-state index contributed by atoms with van der Waals surface area (Å²) in [5.41, 5.74) is 0.764. The smallest absolute Gasteiger partial charge is 0.232 e. The first-order valence-corrected chi connectivity index (χ1v) is 11.9. The minimum absolute atomic E-state index is 0.0365. The van der Waals surface area contributed by atoms with Gasteiger partial charge < -0.3 is 10.6 Å². The topological polar surface area (TPSA) is 113 Å². The third-order valence-corrected chi connectivity index (χ3v) is 5.87. The lowest BCUT2D eigenvalue weighted by Crippen LogP contribution is -2.15. The van der Waals surface area contributed by atoms with Gasteiger partial charge in [0.05, 0.1) is 29.0 Å². The van der Waals surface area contributed by atoms with Gasteiger partial charge in [0.25, 0.3) is 0 Å². The fraction of sp³-hybridized carbons (Fsp3) is 0.227. The molecule has 33 heavy (non-hydrogen) atoms. The van der Waals surface area contributed by atoms with Gasteiger partial charge in [0, 0.05) is 12.0 Å². The highest BCUT2D eigenvalue weighted by Gasteiger charge is 2.15. The van der Waals surface area contributed by atoms with Crippen molar-refractivity contribution in [3.63, 3.8) is 0 Å². The largest absolute Gasteiger partial charge is 0.336 e. The Bertz CT molecular complexity index is 1270. The average Bonchev–Trinajstić information content (AvgIpc) is 2.78. The van der Waals surface area contributed by atoms with Crippen LogP contribution >= 0.6 is 0 Å². The molecule has 3 N–H and O–H groups in total. The van der Waals surface area contributed by atoms with E-state index in [0.717, 1.165) is 12.3 Å². The number of para-hydroxylation sites is 2. The summed E-state index contributed by atoms with van der Waals surface area (Å²) in [5.74, 6) is -2.08. The molecule has 0 aliphatic carbocycles. The third-order valence-electron chi connectivity index (χ3n) is 4.58. The molecule has 0 amide bonds. The van der Waals surface area contributed by atoms with Crippen molar-refractivity contribution in [1.29, 1.82) is 0 Å². The minimum atomic E-state index is -3.56. The Morgan fingerprint density at radius 1 is 0.970 bits per heavy atom. The van der Waals surface area contributed by atoms with Crippen LogP contribution < -0.4 is 15.4 Å². The van der Waals surface area contributed by atoms with E-state index in [1.807, 2.05) is 6.92 Å². The Balaban J connectivity index is 1.88. The first-order valence-electron chi connectivity index (χ1n) is 10.2. The standard InChI is InChI=1S/C22H23F2N5O3S/c1-3-7-20(30)14-10-11-15(23)19(12-14)27-22-25-13-16(24)21(28-22)26-17-8-5-6-9-18(17)29-33(31,32)4-2/h5-6,8-13,29H,3-4,7H2,1-2H3,(H2,25,26,27,28). The number of benzene rings is 2. The lowest BCUT2D eigenvalue weighted by atomic mass is 10.1. The summed E-state index contributed by atoms with van der Waals surface area (Å²) in [6, 6.07) is 10.2. The summed E-state index contributed by atoms with van der Waals surface area (Å²) in [6.07, 6.45) is 1.87. The maximum Gasteiger partial charge on any atom is 0.232 e. The number of nitrogens with zero attached hydrogens (tertiary/aromatic N) is 2. The molecule has 3 aromatic rings. The van der Waals surface area contributed by atoms with Crippen molar-refractivity contribution in [3.8, 4) is 0 Å². The number of ketones is 1. The monoisotopic (exact) mass is 475 g/mol. The van der Waals surface area contributed by atoms with Gasteiger partial charge in [-0.1, -0.05) is 19.1 Å². The van der Waals surface area contributed by atoms with E-state index in [1.54, 1.807) is 18.2 Å². The molecule has 1 aromatic heterocycles. The van der Waals surface area contributed by atoms with Gasteiger partial charge in [-0.3, -0.25) is 9.52 Å². The SMILES string of the molecule is CCCC(=O)c1ccc(F)c(Nc2ncc(F)c(Nc3ccccc3NS(=O)(=O)CC)n2)c1. The fourth-order valence-electron chi connectivity index (χ4n) is 2.85. The normalized spacial score (nSPS) is 11.2. The van der Waals surface area contributed by atoms with Crippen LogP contribution in [0, 0.1) is 11.6 Å². The van der Waals surface area contributed by atoms with E-state index in [4.69, 9.17) is 0 Å². The van der Waals surface area contributed by atoms with Gasteiger partial charge in [-0.05, 0) is 43.7 Å². The maximum absolute atomic E-state index is 14.4. The number of carbonyl (C=O) groups is 1. The number of hydrogen-bond donors (Lipinski definition) is 3. The second-order valence-corrected chi connectivity index (χ2v) is 9.07. The van der Waals surface area contributed by atoms with Crippen molar-refractivity contribution in [2.75, 3.05) is 21.1 Å². The van der Waals surface area contributed by atoms with E-state index in [2.05, 4.69) is 25.3 Å². The van der Waals surface area contributed by atoms with E-state index in [-0.39, 0.29) is 40.4 Å². The van der Waals surface area contributed by atoms with Crippen LogP contribution in [0.25, 0.3) is 0 Å². The molecule has 0 radical (unpaired) electrons. The first-order chi connectivity index (χ1) is 15.7. The summed E-state index contributed by atoms with van der Waals surface area (Å²) in [4.78, 5) is 20.0. The van der Waals surface area contributed by atoms with E-state index < -0.39 is 21.7 Å². The molecular formula is C22H23F2N5O3S. The van der Waals surface area contributed by atoms with Crippen LogP contribution in [-0.2, 0) is 10.0 Å². The number of rotatable bonds is 10. The lowest BCUT2D eigenvalue weighted by molar-refractivity contribution is 0.0981. The van der Waals surface area contributed by atoms with Crippen LogP contribution in [0.4, 0.5) is 37.6 Å². The van der Waals surface area contributed by atoms with Crippen LogP contribution in [-0.4, -0.2) is 29.9 Å². The third kappa shape index (κ3) is 6.22. The molecule has 8 nitrogen and oxygen atoms in total. The molecule has 0 spiro atoms. The molecule has 0 fully saturated rings. The molecule has 0 saturated carbocycles. The molecule has 0 atom stereocenters. The molecule has 1 heterocycles. The van der Waals surface area contributed by atoms with E-state index in [9.17, 15) is 22.0 Å². The number of sulfonamides is 1. The minimum Gasteiger partial charge on any atom is -0.336 e. The summed E-state index contributed by atoms with van der Waals surface area (Å²) >= 11 is 0. The van der Waals surface area contributed by atoms with Gasteiger partial charge in [0.2, 0.25) is 16.0 Å². The number of Topliss-reactive ketones (excluding diaryl/α,β-unsaturated/α-hetero) is 1. The highest BCUT2D eigenvalue weighted by Crippen LogP contribution is 2.28. The zero-order valence-electron chi connectivity index (χ0n) is 18.0. The van der Waals surface area contributed by atoms with Gasteiger partial charge >= 0.3 is 0 Å². The number of anilines is 5. The predicted octanol–water partition coefficient (Wildman–Crippen LogP) is 4.99. The second-order valence-electron chi connectivity index (χ2n) is 7.06. The molecule has 0 aliphatic rings. The number of nitrogens with one attached hydrogen (secondary N) is 3. The van der Waals surface area contributed by atoms with Gasteiger partial charge in [-0.2, -0.15) is 4.98 Å².